The summed E-state index contributed by atoms with van der Waals surface area (Å²) in [6.45, 7) is 3.97. The molecule has 0 radical (unpaired) electrons. The van der Waals surface area contributed by atoms with Crippen LogP contribution in [0.1, 0.15) is 26.7 Å². The number of hydrogen-bond donors (Lipinski definition) is 0. The van der Waals surface area contributed by atoms with Gasteiger partial charge in [-0.1, -0.05) is 32.0 Å². The molecule has 0 N–H and O–H groups in total. The van der Waals surface area contributed by atoms with Gasteiger partial charge in [0.25, 0.3) is 0 Å². The molecule has 1 aliphatic heterocycles. The van der Waals surface area contributed by atoms with Crippen LogP contribution in [0.2, 0.25) is 0 Å². The largest absolute Gasteiger partial charge is 0.304 e. The van der Waals surface area contributed by atoms with Gasteiger partial charge in [-0.2, -0.15) is 0 Å². The lowest BCUT2D eigenvalue weighted by atomic mass is 10.0. The molecule has 1 aromatic rings. The monoisotopic (exact) mass is 307 g/mol. The molecule has 1 heterocycles. The Bertz CT molecular complexity index is 618. The van der Waals surface area contributed by atoms with Gasteiger partial charge >= 0.3 is 0 Å². The normalized spacial score (nSPS) is 19.9. The Morgan fingerprint density at radius 1 is 1.24 bits per heavy atom. The number of anilines is 1. The third kappa shape index (κ3) is 3.53. The van der Waals surface area contributed by atoms with Crippen LogP contribution in [0.25, 0.3) is 0 Å². The quantitative estimate of drug-likeness (QED) is 0.840. The molecule has 5 heteroatoms. The zero-order valence-electron chi connectivity index (χ0n) is 12.4. The fourth-order valence-corrected chi connectivity index (χ4v) is 3.89. The van der Waals surface area contributed by atoms with Crippen LogP contribution in [-0.4, -0.2) is 26.1 Å². The van der Waals surface area contributed by atoms with E-state index in [9.17, 15) is 13.2 Å². The minimum atomic E-state index is -3.20. The van der Waals surface area contributed by atoms with Gasteiger partial charge in [0.15, 0.2) is 9.84 Å². The molecule has 1 aromatic carbocycles. The lowest BCUT2D eigenvalue weighted by Crippen LogP contribution is -2.44. The van der Waals surface area contributed by atoms with Crippen LogP contribution < -0.4 is 4.90 Å². The van der Waals surface area contributed by atoms with E-state index in [1.54, 1.807) is 11.0 Å². The fourth-order valence-electron chi connectivity index (χ4n) is 2.63. The van der Waals surface area contributed by atoms with Gasteiger partial charge < -0.3 is 4.90 Å². The van der Waals surface area contributed by atoms with E-state index in [0.717, 1.165) is 18.5 Å². The van der Waals surface area contributed by atoms with Crippen molar-refractivity contribution in [2.75, 3.05) is 10.7 Å². The molecular weight excluding hydrogens is 286 g/mol. The van der Waals surface area contributed by atoms with Crippen molar-refractivity contribution in [2.45, 2.75) is 32.7 Å². The number of benzene rings is 1. The predicted molar refractivity (Wildman–Crippen MR) is 84.7 cm³/mol. The molecule has 2 rings (SSSR count). The van der Waals surface area contributed by atoms with Gasteiger partial charge in [-0.15, -0.1) is 0 Å². The van der Waals surface area contributed by atoms with Crippen LogP contribution in [-0.2, 0) is 14.6 Å². The third-order valence-corrected chi connectivity index (χ3v) is 5.23. The van der Waals surface area contributed by atoms with E-state index in [4.69, 9.17) is 0 Å². The average Bonchev–Trinajstić information content (AvgIpc) is 2.81. The third-order valence-electron chi connectivity index (χ3n) is 3.85. The number of para-hydroxylation sites is 1. The van der Waals surface area contributed by atoms with E-state index in [1.165, 1.54) is 5.41 Å². The Hall–Kier alpha value is -1.62. The highest BCUT2D eigenvalue weighted by Gasteiger charge is 2.33. The highest BCUT2D eigenvalue weighted by molar-refractivity contribution is 7.94. The summed E-state index contributed by atoms with van der Waals surface area (Å²) in [4.78, 5) is 14.4. The summed E-state index contributed by atoms with van der Waals surface area (Å²) >= 11 is 0. The summed E-state index contributed by atoms with van der Waals surface area (Å²) in [6.07, 6.45) is 3.12. The molecule has 4 nitrogen and oxygen atoms in total. The SMILES string of the molecule is CCC(CC)C(=O)N(c1ccccc1)[C@H]1C=CS(=O)(=O)C1. The van der Waals surface area contributed by atoms with Gasteiger partial charge in [-0.3, -0.25) is 4.79 Å². The van der Waals surface area contributed by atoms with Crippen molar-refractivity contribution in [3.63, 3.8) is 0 Å². The smallest absolute Gasteiger partial charge is 0.230 e. The highest BCUT2D eigenvalue weighted by Crippen LogP contribution is 2.26. The van der Waals surface area contributed by atoms with Gasteiger partial charge in [0.2, 0.25) is 5.91 Å². The molecule has 0 saturated carbocycles. The lowest BCUT2D eigenvalue weighted by Gasteiger charge is -2.30. The second-order valence-corrected chi connectivity index (χ2v) is 7.21. The molecule has 0 bridgehead atoms. The Labute approximate surface area is 126 Å². The van der Waals surface area contributed by atoms with Crippen molar-refractivity contribution in [1.29, 1.82) is 0 Å². The summed E-state index contributed by atoms with van der Waals surface area (Å²) in [6, 6.07) is 8.87. The summed E-state index contributed by atoms with van der Waals surface area (Å²) in [7, 11) is -3.20. The summed E-state index contributed by atoms with van der Waals surface area (Å²) in [5.74, 6) is -0.117. The number of sulfone groups is 1. The van der Waals surface area contributed by atoms with Crippen molar-refractivity contribution >= 4 is 21.4 Å². The van der Waals surface area contributed by atoms with E-state index in [2.05, 4.69) is 0 Å². The molecule has 0 saturated heterocycles. The standard InChI is InChI=1S/C16H21NO3S/c1-3-13(4-2)16(18)17(14-8-6-5-7-9-14)15-10-11-21(19,20)12-15/h5-11,13,15H,3-4,12H2,1-2H3/t15-/m0/s1. The first-order chi connectivity index (χ1) is 9.98. The maximum absolute atomic E-state index is 12.8. The van der Waals surface area contributed by atoms with Crippen LogP contribution in [0.3, 0.4) is 0 Å². The maximum atomic E-state index is 12.8. The first-order valence-electron chi connectivity index (χ1n) is 7.27. The van der Waals surface area contributed by atoms with E-state index in [-0.39, 0.29) is 17.6 Å². The summed E-state index contributed by atoms with van der Waals surface area (Å²) in [5, 5.41) is 1.22. The zero-order chi connectivity index (χ0) is 15.5. The van der Waals surface area contributed by atoms with Gasteiger partial charge in [0.1, 0.15) is 0 Å². The minimum Gasteiger partial charge on any atom is -0.304 e. The molecule has 1 aliphatic rings. The van der Waals surface area contributed by atoms with Crippen molar-refractivity contribution in [3.05, 3.63) is 41.8 Å². The Morgan fingerprint density at radius 3 is 2.33 bits per heavy atom. The minimum absolute atomic E-state index is 0.00190. The molecule has 1 amide bonds. The van der Waals surface area contributed by atoms with Gasteiger partial charge in [-0.25, -0.2) is 8.42 Å². The highest BCUT2D eigenvalue weighted by atomic mass is 32.2. The summed E-state index contributed by atoms with van der Waals surface area (Å²) in [5.41, 5.74) is 0.751. The number of rotatable bonds is 5. The topological polar surface area (TPSA) is 54.5 Å². The Kier molecular flexibility index (Phi) is 4.83. The van der Waals surface area contributed by atoms with Crippen molar-refractivity contribution in [1.82, 2.24) is 0 Å². The average molecular weight is 307 g/mol. The number of nitrogens with zero attached hydrogens (tertiary/aromatic N) is 1. The zero-order valence-corrected chi connectivity index (χ0v) is 13.2. The Morgan fingerprint density at radius 2 is 1.86 bits per heavy atom. The van der Waals surface area contributed by atoms with Crippen LogP contribution in [0, 0.1) is 5.92 Å². The molecule has 114 valence electrons. The molecule has 21 heavy (non-hydrogen) atoms. The molecule has 0 aliphatic carbocycles. The second-order valence-electron chi connectivity index (χ2n) is 5.28. The Balaban J connectivity index is 2.37. The molecular formula is C16H21NO3S. The molecule has 0 aromatic heterocycles. The molecule has 0 fully saturated rings. The second kappa shape index (κ2) is 6.43. The number of carbonyl (C=O) groups excluding carboxylic acids is 1. The summed E-state index contributed by atoms with van der Waals surface area (Å²) < 4.78 is 23.4. The van der Waals surface area contributed by atoms with Gasteiger partial charge in [-0.05, 0) is 31.1 Å². The fraction of sp³-hybridized carbons (Fsp3) is 0.438. The van der Waals surface area contributed by atoms with E-state index < -0.39 is 15.9 Å². The number of hydrogen-bond acceptors (Lipinski definition) is 3. The van der Waals surface area contributed by atoms with E-state index >= 15 is 0 Å². The molecule has 1 atom stereocenters. The van der Waals surface area contributed by atoms with E-state index in [0.29, 0.717) is 0 Å². The van der Waals surface area contributed by atoms with Crippen LogP contribution in [0.15, 0.2) is 41.8 Å². The van der Waals surface area contributed by atoms with Crippen molar-refractivity contribution in [2.24, 2.45) is 5.92 Å². The van der Waals surface area contributed by atoms with Gasteiger partial charge in [0, 0.05) is 17.0 Å². The lowest BCUT2D eigenvalue weighted by molar-refractivity contribution is -0.122. The first kappa shape index (κ1) is 15.8. The number of carbonyl (C=O) groups is 1. The maximum Gasteiger partial charge on any atom is 0.230 e. The van der Waals surface area contributed by atoms with E-state index in [1.807, 2.05) is 44.2 Å². The van der Waals surface area contributed by atoms with Crippen LogP contribution in [0.5, 0.6) is 0 Å². The van der Waals surface area contributed by atoms with Gasteiger partial charge in [0.05, 0.1) is 11.8 Å². The predicted octanol–water partition coefficient (Wildman–Crippen LogP) is 2.77. The first-order valence-corrected chi connectivity index (χ1v) is 8.99. The van der Waals surface area contributed by atoms with Crippen LogP contribution in [0.4, 0.5) is 5.69 Å². The molecule has 0 unspecified atom stereocenters. The molecule has 0 spiro atoms. The van der Waals surface area contributed by atoms with Crippen LogP contribution >= 0.6 is 0 Å². The van der Waals surface area contributed by atoms with Crippen molar-refractivity contribution in [3.8, 4) is 0 Å². The number of amides is 1. The van der Waals surface area contributed by atoms with Crippen molar-refractivity contribution < 1.29 is 13.2 Å².